The lowest BCUT2D eigenvalue weighted by molar-refractivity contribution is -0.193. The molecule has 1 atom stereocenters. The Labute approximate surface area is 249 Å². The molecule has 1 aliphatic rings. The summed E-state index contributed by atoms with van der Waals surface area (Å²) < 4.78 is 65.6. The van der Waals surface area contributed by atoms with Crippen molar-refractivity contribution in [3.63, 3.8) is 0 Å². The molecule has 1 aliphatic heterocycles. The van der Waals surface area contributed by atoms with E-state index >= 15 is 0 Å². The number of carbonyl (C=O) groups is 3. The van der Waals surface area contributed by atoms with Gasteiger partial charge in [0.2, 0.25) is 5.91 Å². The summed E-state index contributed by atoms with van der Waals surface area (Å²) in [4.78, 5) is 54.2. The molecule has 0 bridgehead atoms. The van der Waals surface area contributed by atoms with Crippen molar-refractivity contribution in [3.05, 3.63) is 42.4 Å². The second-order valence-corrected chi connectivity index (χ2v) is 9.54. The highest BCUT2D eigenvalue weighted by Gasteiger charge is 2.39. The van der Waals surface area contributed by atoms with Crippen LogP contribution >= 0.6 is 0 Å². The van der Waals surface area contributed by atoms with Crippen molar-refractivity contribution in [2.75, 3.05) is 36.4 Å². The molecule has 4 N–H and O–H groups in total. The fourth-order valence-electron chi connectivity index (χ4n) is 4.31. The number of halogens is 6. The molecule has 45 heavy (non-hydrogen) atoms. The van der Waals surface area contributed by atoms with Gasteiger partial charge in [0.05, 0.1) is 24.1 Å². The van der Waals surface area contributed by atoms with Gasteiger partial charge in [0.1, 0.15) is 24.0 Å². The van der Waals surface area contributed by atoms with Crippen LogP contribution in [0, 0.1) is 6.92 Å². The highest BCUT2D eigenvalue weighted by Crippen LogP contribution is 2.33. The Hall–Kier alpha value is -5.17. The zero-order valence-electron chi connectivity index (χ0n) is 23.8. The first-order valence-corrected chi connectivity index (χ1v) is 12.9. The monoisotopic (exact) mass is 647 g/mol. The number of fused-ring (bicyclic) bond motifs is 2. The lowest BCUT2D eigenvalue weighted by Crippen LogP contribution is -2.49. The zero-order valence-corrected chi connectivity index (χ0v) is 23.8. The molecule has 0 radical (unpaired) electrons. The fourth-order valence-corrected chi connectivity index (χ4v) is 4.31. The molecule has 0 spiro atoms. The molecule has 4 aromatic heterocycles. The van der Waals surface area contributed by atoms with Crippen molar-refractivity contribution in [1.29, 1.82) is 0 Å². The highest BCUT2D eigenvalue weighted by atomic mass is 19.4. The maximum absolute atomic E-state index is 11.8. The van der Waals surface area contributed by atoms with Crippen LogP contribution in [0.3, 0.4) is 0 Å². The standard InChI is InChI=1S/C21H25N9O.2C2HF3O2/c1-13-8-16(14(2)27-20-18-19(24-10-23-18)25-11-26-20)21(30-12-22-9-17(13)30)29-6-4-28(5-7-29)15(3)31;2*3-2(4,5)1(6)7/h8-12,14H,4-7H2,1-3H3,(H2,23,24,25,26,27);2*(H,6,7). The molecule has 14 nitrogen and oxygen atoms in total. The Morgan fingerprint density at radius 3 is 2.09 bits per heavy atom. The molecule has 0 saturated carbocycles. The van der Waals surface area contributed by atoms with Crippen LogP contribution in [-0.4, -0.2) is 101 Å². The van der Waals surface area contributed by atoms with Gasteiger partial charge in [-0.2, -0.15) is 26.3 Å². The third kappa shape index (κ3) is 8.48. The number of alkyl halides is 6. The van der Waals surface area contributed by atoms with Gasteiger partial charge >= 0.3 is 24.3 Å². The van der Waals surface area contributed by atoms with E-state index in [0.717, 1.165) is 41.1 Å². The van der Waals surface area contributed by atoms with Gasteiger partial charge in [-0.05, 0) is 25.5 Å². The molecule has 0 aromatic carbocycles. The SMILES string of the molecule is CC(=O)N1CCN(c2c(C(C)Nc3ncnc4nc[nH]c34)cc(C)c3cncn23)CC1.O=C(O)C(F)(F)F.O=C(O)C(F)(F)F. The van der Waals surface area contributed by atoms with Gasteiger partial charge in [0, 0.05) is 38.7 Å². The molecule has 5 rings (SSSR count). The number of hydrogen-bond donors (Lipinski definition) is 4. The van der Waals surface area contributed by atoms with Gasteiger partial charge in [-0.25, -0.2) is 29.5 Å². The largest absolute Gasteiger partial charge is 0.490 e. The number of anilines is 2. The maximum atomic E-state index is 11.8. The van der Waals surface area contributed by atoms with E-state index < -0.39 is 24.3 Å². The predicted molar refractivity (Wildman–Crippen MR) is 145 cm³/mol. The third-order valence-corrected chi connectivity index (χ3v) is 6.45. The van der Waals surface area contributed by atoms with Crippen molar-refractivity contribution in [2.24, 2.45) is 0 Å². The average Bonchev–Trinajstić information content (AvgIpc) is 3.64. The fraction of sp³-hybridized carbons (Fsp3) is 0.400. The minimum absolute atomic E-state index is 0.0345. The Balaban J connectivity index is 0.000000331. The van der Waals surface area contributed by atoms with Crippen molar-refractivity contribution < 1.29 is 50.9 Å². The second-order valence-electron chi connectivity index (χ2n) is 9.54. The molecule has 1 fully saturated rings. The molecular formula is C25H27F6N9O5. The summed E-state index contributed by atoms with van der Waals surface area (Å²) >= 11 is 0. The van der Waals surface area contributed by atoms with Crippen LogP contribution < -0.4 is 10.2 Å². The van der Waals surface area contributed by atoms with Gasteiger partial charge < -0.3 is 30.3 Å². The molecular weight excluding hydrogens is 620 g/mol. The van der Waals surface area contributed by atoms with Crippen LogP contribution in [0.15, 0.2) is 31.2 Å². The third-order valence-electron chi connectivity index (χ3n) is 6.45. The molecule has 1 saturated heterocycles. The number of aliphatic carboxylic acids is 2. The summed E-state index contributed by atoms with van der Waals surface area (Å²) in [5, 5.41) is 17.8. The van der Waals surface area contributed by atoms with E-state index in [1.165, 1.54) is 6.33 Å². The van der Waals surface area contributed by atoms with Crippen molar-refractivity contribution in [3.8, 4) is 0 Å². The van der Waals surface area contributed by atoms with E-state index in [2.05, 4.69) is 59.5 Å². The van der Waals surface area contributed by atoms with E-state index in [4.69, 9.17) is 19.8 Å². The zero-order chi connectivity index (χ0) is 33.7. The number of H-pyrrole nitrogens is 1. The number of aromatic nitrogens is 6. The number of nitrogens with one attached hydrogen (secondary N) is 2. The number of hydrogen-bond acceptors (Lipinski definition) is 9. The number of nitrogens with zero attached hydrogens (tertiary/aromatic N) is 7. The first-order valence-electron chi connectivity index (χ1n) is 12.9. The highest BCUT2D eigenvalue weighted by molar-refractivity contribution is 5.82. The van der Waals surface area contributed by atoms with E-state index in [0.29, 0.717) is 24.6 Å². The number of rotatable bonds is 4. The summed E-state index contributed by atoms with van der Waals surface area (Å²) in [6.07, 6.45) is -3.27. The molecule has 0 aliphatic carbocycles. The number of carbonyl (C=O) groups excluding carboxylic acids is 1. The molecule has 244 valence electrons. The molecule has 1 amide bonds. The van der Waals surface area contributed by atoms with E-state index in [-0.39, 0.29) is 11.9 Å². The summed E-state index contributed by atoms with van der Waals surface area (Å²) in [5.41, 5.74) is 4.79. The summed E-state index contributed by atoms with van der Waals surface area (Å²) in [6, 6.07) is 2.18. The Kier molecular flexibility index (Phi) is 10.4. The summed E-state index contributed by atoms with van der Waals surface area (Å²) in [5.74, 6) is -3.58. The predicted octanol–water partition coefficient (Wildman–Crippen LogP) is 3.42. The van der Waals surface area contributed by atoms with Crippen molar-refractivity contribution >= 4 is 46.2 Å². The smallest absolute Gasteiger partial charge is 0.475 e. The minimum Gasteiger partial charge on any atom is -0.475 e. The lowest BCUT2D eigenvalue weighted by Gasteiger charge is -2.37. The Morgan fingerprint density at radius 1 is 0.978 bits per heavy atom. The Bertz CT molecular complexity index is 1640. The number of carboxylic acid groups (broad SMARTS) is 2. The number of pyridine rings is 1. The number of aromatic amines is 1. The molecule has 1 unspecified atom stereocenters. The van der Waals surface area contributed by atoms with Gasteiger partial charge in [-0.3, -0.25) is 9.20 Å². The molecule has 20 heteroatoms. The molecule has 5 heterocycles. The van der Waals surface area contributed by atoms with Gasteiger partial charge in [0.25, 0.3) is 0 Å². The van der Waals surface area contributed by atoms with E-state index in [1.54, 1.807) is 13.3 Å². The van der Waals surface area contributed by atoms with Crippen LogP contribution in [0.2, 0.25) is 0 Å². The summed E-state index contributed by atoms with van der Waals surface area (Å²) in [6.45, 7) is 8.81. The van der Waals surface area contributed by atoms with Crippen LogP contribution in [-0.2, 0) is 14.4 Å². The quantitative estimate of drug-likeness (QED) is 0.238. The van der Waals surface area contributed by atoms with E-state index in [9.17, 15) is 31.1 Å². The maximum Gasteiger partial charge on any atom is 0.490 e. The van der Waals surface area contributed by atoms with Gasteiger partial charge in [0.15, 0.2) is 11.5 Å². The number of piperazine rings is 1. The van der Waals surface area contributed by atoms with Crippen LogP contribution in [0.5, 0.6) is 0 Å². The van der Waals surface area contributed by atoms with Crippen molar-refractivity contribution in [2.45, 2.75) is 39.2 Å². The van der Waals surface area contributed by atoms with Crippen molar-refractivity contribution in [1.82, 2.24) is 34.2 Å². The first kappa shape index (κ1) is 34.3. The second kappa shape index (κ2) is 13.6. The number of carboxylic acids is 2. The number of aryl methyl sites for hydroxylation is 1. The average molecular weight is 648 g/mol. The normalized spacial score (nSPS) is 14.2. The van der Waals surface area contributed by atoms with Gasteiger partial charge in [-0.15, -0.1) is 0 Å². The van der Waals surface area contributed by atoms with Crippen LogP contribution in [0.1, 0.15) is 31.0 Å². The lowest BCUT2D eigenvalue weighted by atomic mass is 10.0. The number of imidazole rings is 2. The Morgan fingerprint density at radius 2 is 1.56 bits per heavy atom. The number of amides is 1. The molecule has 4 aromatic rings. The van der Waals surface area contributed by atoms with Crippen LogP contribution in [0.25, 0.3) is 16.7 Å². The van der Waals surface area contributed by atoms with Gasteiger partial charge in [-0.1, -0.05) is 0 Å². The first-order chi connectivity index (χ1) is 20.9. The van der Waals surface area contributed by atoms with E-state index in [1.807, 2.05) is 17.4 Å². The summed E-state index contributed by atoms with van der Waals surface area (Å²) in [7, 11) is 0. The van der Waals surface area contributed by atoms with Crippen LogP contribution in [0.4, 0.5) is 38.0 Å². The minimum atomic E-state index is -5.08. The topological polar surface area (TPSA) is 182 Å².